The first-order valence-electron chi connectivity index (χ1n) is 9.39. The molecule has 1 fully saturated rings. The van der Waals surface area contributed by atoms with Crippen LogP contribution in [0.2, 0.25) is 0 Å². The van der Waals surface area contributed by atoms with Crippen LogP contribution in [-0.4, -0.2) is 43.1 Å². The monoisotopic (exact) mass is 364 g/mol. The molecule has 1 saturated heterocycles. The maximum Gasteiger partial charge on any atom is 0.494 e. The van der Waals surface area contributed by atoms with Crippen molar-refractivity contribution in [1.82, 2.24) is 0 Å². The zero-order chi connectivity index (χ0) is 19.1. The molecule has 140 valence electrons. The van der Waals surface area contributed by atoms with Crippen LogP contribution in [0, 0.1) is 0 Å². The Morgan fingerprint density at radius 1 is 1.11 bits per heavy atom. The average molecular weight is 364 g/mol. The lowest BCUT2D eigenvalue weighted by Crippen LogP contribution is -2.41. The predicted octanol–water partition coefficient (Wildman–Crippen LogP) is 3.05. The number of ether oxygens (including phenoxy) is 1. The summed E-state index contributed by atoms with van der Waals surface area (Å²) in [7, 11) is -0.395. The van der Waals surface area contributed by atoms with Crippen LogP contribution in [0.5, 0.6) is 0 Å². The summed E-state index contributed by atoms with van der Waals surface area (Å²) in [6.07, 6.45) is 8.62. The maximum atomic E-state index is 6.17. The second-order valence-corrected chi connectivity index (χ2v) is 8.07. The quantitative estimate of drug-likeness (QED) is 0.612. The summed E-state index contributed by atoms with van der Waals surface area (Å²) in [6, 6.07) is 8.07. The van der Waals surface area contributed by atoms with E-state index in [0.29, 0.717) is 12.4 Å². The Hall–Kier alpha value is -2.02. The Labute approximate surface area is 161 Å². The summed E-state index contributed by atoms with van der Waals surface area (Å²) in [5.74, 6) is 0.686. The van der Waals surface area contributed by atoms with Gasteiger partial charge in [0.2, 0.25) is 0 Å². The van der Waals surface area contributed by atoms with E-state index in [1.807, 2.05) is 42.8 Å². The lowest BCUT2D eigenvalue weighted by Gasteiger charge is -2.32. The lowest BCUT2D eigenvalue weighted by molar-refractivity contribution is 0.00578. The molecule has 0 N–H and O–H groups in total. The van der Waals surface area contributed by atoms with E-state index in [2.05, 4.69) is 43.8 Å². The third-order valence-corrected chi connectivity index (χ3v) is 5.61. The maximum absolute atomic E-state index is 6.17. The van der Waals surface area contributed by atoms with Gasteiger partial charge in [-0.15, -0.1) is 0 Å². The molecule has 4 rings (SSSR count). The van der Waals surface area contributed by atoms with Crippen LogP contribution in [0.4, 0.5) is 0 Å². The van der Waals surface area contributed by atoms with Crippen molar-refractivity contribution in [2.75, 3.05) is 6.61 Å². The predicted molar refractivity (Wildman–Crippen MR) is 109 cm³/mol. The van der Waals surface area contributed by atoms with Crippen LogP contribution in [0.25, 0.3) is 0 Å². The van der Waals surface area contributed by atoms with E-state index in [9.17, 15) is 0 Å². The van der Waals surface area contributed by atoms with Crippen LogP contribution in [0.3, 0.4) is 0 Å². The number of amidine groups is 1. The molecule has 3 aliphatic rings. The van der Waals surface area contributed by atoms with Crippen molar-refractivity contribution in [2.24, 2.45) is 9.98 Å². The summed E-state index contributed by atoms with van der Waals surface area (Å²) in [6.45, 7) is 8.89. The van der Waals surface area contributed by atoms with E-state index in [0.717, 1.165) is 23.0 Å². The number of hydrogen-bond acceptors (Lipinski definition) is 5. The summed E-state index contributed by atoms with van der Waals surface area (Å²) in [4.78, 5) is 9.16. The molecule has 0 bridgehead atoms. The molecule has 1 atom stereocenters. The van der Waals surface area contributed by atoms with Crippen LogP contribution >= 0.6 is 0 Å². The van der Waals surface area contributed by atoms with Crippen LogP contribution in [0.1, 0.15) is 39.7 Å². The van der Waals surface area contributed by atoms with Gasteiger partial charge in [0, 0.05) is 24.4 Å². The van der Waals surface area contributed by atoms with Crippen molar-refractivity contribution in [2.45, 2.75) is 51.4 Å². The second-order valence-electron chi connectivity index (χ2n) is 8.07. The van der Waals surface area contributed by atoms with E-state index in [4.69, 9.17) is 14.0 Å². The molecule has 27 heavy (non-hydrogen) atoms. The molecular formula is C21H25BN2O3. The van der Waals surface area contributed by atoms with Gasteiger partial charge >= 0.3 is 7.12 Å². The fourth-order valence-electron chi connectivity index (χ4n) is 3.23. The highest BCUT2D eigenvalue weighted by atomic mass is 16.7. The number of aliphatic imine (C=N–C) groups is 2. The fraction of sp³-hybridized carbons (Fsp3) is 0.429. The van der Waals surface area contributed by atoms with Crippen LogP contribution < -0.4 is 5.46 Å². The summed E-state index contributed by atoms with van der Waals surface area (Å²) < 4.78 is 18.0. The van der Waals surface area contributed by atoms with Crippen molar-refractivity contribution in [3.05, 3.63) is 53.8 Å². The molecular weight excluding hydrogens is 339 g/mol. The van der Waals surface area contributed by atoms with Crippen LogP contribution in [-0.2, 0) is 14.0 Å². The molecule has 0 spiro atoms. The molecule has 1 unspecified atom stereocenters. The minimum absolute atomic E-state index is 0.00985. The molecule has 3 aliphatic heterocycles. The van der Waals surface area contributed by atoms with Gasteiger partial charge in [-0.2, -0.15) is 0 Å². The van der Waals surface area contributed by atoms with Gasteiger partial charge in [0.1, 0.15) is 0 Å². The van der Waals surface area contributed by atoms with Crippen molar-refractivity contribution in [1.29, 1.82) is 0 Å². The topological polar surface area (TPSA) is 52.4 Å². The summed E-state index contributed by atoms with van der Waals surface area (Å²) >= 11 is 0. The fourth-order valence-corrected chi connectivity index (χ4v) is 3.23. The van der Waals surface area contributed by atoms with Gasteiger partial charge in [-0.3, -0.25) is 0 Å². The summed E-state index contributed by atoms with van der Waals surface area (Å²) in [5, 5.41) is 0. The minimum Gasteiger partial charge on any atom is -0.399 e. The van der Waals surface area contributed by atoms with E-state index in [1.165, 1.54) is 0 Å². The molecule has 0 aliphatic carbocycles. The first-order valence-corrected chi connectivity index (χ1v) is 9.39. The van der Waals surface area contributed by atoms with Crippen molar-refractivity contribution < 1.29 is 14.0 Å². The van der Waals surface area contributed by atoms with Crippen LogP contribution in [0.15, 0.2) is 58.2 Å². The van der Waals surface area contributed by atoms with Gasteiger partial charge in [-0.05, 0) is 38.7 Å². The van der Waals surface area contributed by atoms with Crippen molar-refractivity contribution in [3.63, 3.8) is 0 Å². The average Bonchev–Trinajstić information content (AvgIpc) is 3.14. The highest BCUT2D eigenvalue weighted by Gasteiger charge is 2.51. The molecule has 0 saturated carbocycles. The van der Waals surface area contributed by atoms with Crippen molar-refractivity contribution in [3.8, 4) is 0 Å². The molecule has 0 aromatic heterocycles. The smallest absolute Gasteiger partial charge is 0.399 e. The van der Waals surface area contributed by atoms with E-state index < -0.39 is 7.12 Å². The van der Waals surface area contributed by atoms with Gasteiger partial charge in [-0.25, -0.2) is 9.98 Å². The first kappa shape index (κ1) is 18.4. The standard InChI is InChI=1S/C21H25BN2O3/c1-20(2)21(3,4)27-22(26-20)17-8-5-7-15(13-17)19-23-11-10-16(14-24-19)18-9-6-12-25-18/h5-9,11,13-14,18H,10,12H2,1-4H3. The molecule has 3 heterocycles. The molecule has 5 nitrogen and oxygen atoms in total. The molecule has 1 aromatic carbocycles. The normalized spacial score (nSPS) is 26.1. The SMILES string of the molecule is CC1(C)OB(c2cccc(C3=NC=C(C4C=CCO4)CC=N3)c2)OC1(C)C. The number of nitrogens with zero attached hydrogens (tertiary/aromatic N) is 2. The molecule has 6 heteroatoms. The third kappa shape index (κ3) is 3.57. The number of hydrogen-bond donors (Lipinski definition) is 0. The Morgan fingerprint density at radius 3 is 2.59 bits per heavy atom. The molecule has 1 aromatic rings. The summed E-state index contributed by atoms with van der Waals surface area (Å²) in [5.41, 5.74) is 2.30. The molecule has 0 amide bonds. The zero-order valence-corrected chi connectivity index (χ0v) is 16.3. The minimum atomic E-state index is -0.395. The van der Waals surface area contributed by atoms with Gasteiger partial charge in [0.05, 0.1) is 23.9 Å². The lowest BCUT2D eigenvalue weighted by atomic mass is 9.78. The van der Waals surface area contributed by atoms with E-state index in [-0.39, 0.29) is 17.3 Å². The first-order chi connectivity index (χ1) is 12.9. The Balaban J connectivity index is 1.59. The van der Waals surface area contributed by atoms with Gasteiger partial charge in [0.25, 0.3) is 0 Å². The zero-order valence-electron chi connectivity index (χ0n) is 16.3. The van der Waals surface area contributed by atoms with Gasteiger partial charge < -0.3 is 14.0 Å². The highest BCUT2D eigenvalue weighted by Crippen LogP contribution is 2.36. The second kappa shape index (κ2) is 6.86. The number of benzene rings is 1. The highest BCUT2D eigenvalue weighted by molar-refractivity contribution is 6.62. The van der Waals surface area contributed by atoms with Crippen molar-refractivity contribution >= 4 is 24.6 Å². The Bertz CT molecular complexity index is 839. The number of rotatable bonds is 3. The van der Waals surface area contributed by atoms with E-state index in [1.54, 1.807) is 0 Å². The Kier molecular flexibility index (Phi) is 4.66. The van der Waals surface area contributed by atoms with Gasteiger partial charge in [0.15, 0.2) is 5.84 Å². The van der Waals surface area contributed by atoms with E-state index >= 15 is 0 Å². The third-order valence-electron chi connectivity index (χ3n) is 5.61. The van der Waals surface area contributed by atoms with Gasteiger partial charge in [-0.1, -0.05) is 36.4 Å². The Morgan fingerprint density at radius 2 is 1.89 bits per heavy atom. The molecule has 0 radical (unpaired) electrons. The largest absolute Gasteiger partial charge is 0.494 e.